The van der Waals surface area contributed by atoms with Gasteiger partial charge in [-0.3, -0.25) is 0 Å². The van der Waals surface area contributed by atoms with E-state index in [1.807, 2.05) is 31.2 Å². The van der Waals surface area contributed by atoms with Gasteiger partial charge in [-0.05, 0) is 36.8 Å². The Kier molecular flexibility index (Phi) is 3.13. The number of anilines is 1. The van der Waals surface area contributed by atoms with Gasteiger partial charge in [-0.25, -0.2) is 4.98 Å². The number of rotatable bonds is 3. The summed E-state index contributed by atoms with van der Waals surface area (Å²) in [5.74, 6) is 2.27. The smallest absolute Gasteiger partial charge is 0.231 e. The summed E-state index contributed by atoms with van der Waals surface area (Å²) in [5, 5.41) is 12.0. The predicted molar refractivity (Wildman–Crippen MR) is 73.6 cm³/mol. The summed E-state index contributed by atoms with van der Waals surface area (Å²) in [6, 6.07) is 11.5. The first-order valence-electron chi connectivity index (χ1n) is 6.28. The molecular weight excluding hydrogens is 254 g/mol. The average molecular weight is 267 g/mol. The molecule has 1 N–H and O–H groups in total. The third-order valence-electron chi connectivity index (χ3n) is 3.15. The van der Waals surface area contributed by atoms with E-state index in [0.29, 0.717) is 5.56 Å². The van der Waals surface area contributed by atoms with Crippen LogP contribution in [0.15, 0.2) is 36.5 Å². The summed E-state index contributed by atoms with van der Waals surface area (Å²) in [4.78, 5) is 4.20. The lowest BCUT2D eigenvalue weighted by molar-refractivity contribution is 0.174. The van der Waals surface area contributed by atoms with Gasteiger partial charge in [0.2, 0.25) is 6.79 Å². The van der Waals surface area contributed by atoms with Crippen LogP contribution in [0.5, 0.6) is 11.5 Å². The molecule has 5 nitrogen and oxygen atoms in total. The molecule has 2 aromatic rings. The maximum Gasteiger partial charge on any atom is 0.231 e. The van der Waals surface area contributed by atoms with Crippen LogP contribution in [-0.4, -0.2) is 11.8 Å². The van der Waals surface area contributed by atoms with E-state index in [1.165, 1.54) is 0 Å². The van der Waals surface area contributed by atoms with Crippen LogP contribution < -0.4 is 14.8 Å². The Morgan fingerprint density at radius 1 is 1.25 bits per heavy atom. The highest BCUT2D eigenvalue weighted by Crippen LogP contribution is 2.34. The first-order valence-corrected chi connectivity index (χ1v) is 6.28. The molecule has 3 rings (SSSR count). The number of benzene rings is 1. The van der Waals surface area contributed by atoms with E-state index in [4.69, 9.17) is 14.7 Å². The van der Waals surface area contributed by atoms with Gasteiger partial charge in [-0.2, -0.15) is 5.26 Å². The summed E-state index contributed by atoms with van der Waals surface area (Å²) in [6.07, 6.45) is 1.55. The van der Waals surface area contributed by atoms with Crippen molar-refractivity contribution in [1.82, 2.24) is 4.98 Å². The van der Waals surface area contributed by atoms with Gasteiger partial charge in [0.1, 0.15) is 11.9 Å². The van der Waals surface area contributed by atoms with Crippen molar-refractivity contribution in [3.63, 3.8) is 0 Å². The highest BCUT2D eigenvalue weighted by molar-refractivity contribution is 5.47. The minimum atomic E-state index is 0.0740. The summed E-state index contributed by atoms with van der Waals surface area (Å²) < 4.78 is 10.7. The molecule has 100 valence electrons. The van der Waals surface area contributed by atoms with Crippen molar-refractivity contribution >= 4 is 5.82 Å². The van der Waals surface area contributed by atoms with Gasteiger partial charge in [0.05, 0.1) is 11.6 Å². The second kappa shape index (κ2) is 5.10. The highest BCUT2D eigenvalue weighted by atomic mass is 16.7. The standard InChI is InChI=1S/C15H13N3O2/c1-10(18-15-5-2-11(7-16)8-17-15)12-3-4-13-14(6-12)20-9-19-13/h2-6,8,10H,9H2,1H3,(H,17,18)/t10-/m0/s1. The van der Waals surface area contributed by atoms with Crippen LogP contribution in [-0.2, 0) is 0 Å². The van der Waals surface area contributed by atoms with E-state index >= 15 is 0 Å². The third-order valence-corrected chi connectivity index (χ3v) is 3.15. The predicted octanol–water partition coefficient (Wildman–Crippen LogP) is 2.86. The molecule has 0 spiro atoms. The van der Waals surface area contributed by atoms with Gasteiger partial charge in [-0.15, -0.1) is 0 Å². The van der Waals surface area contributed by atoms with Crippen LogP contribution in [0, 0.1) is 11.3 Å². The minimum absolute atomic E-state index is 0.0740. The monoisotopic (exact) mass is 267 g/mol. The van der Waals surface area contributed by atoms with Crippen molar-refractivity contribution in [1.29, 1.82) is 5.26 Å². The molecule has 0 bridgehead atoms. The Labute approximate surface area is 116 Å². The first-order chi connectivity index (χ1) is 9.76. The molecule has 0 saturated carbocycles. The molecule has 0 aliphatic carbocycles. The minimum Gasteiger partial charge on any atom is -0.454 e. The number of nitrogens with one attached hydrogen (secondary N) is 1. The van der Waals surface area contributed by atoms with Crippen molar-refractivity contribution < 1.29 is 9.47 Å². The van der Waals surface area contributed by atoms with Crippen molar-refractivity contribution in [2.75, 3.05) is 12.1 Å². The molecule has 5 heteroatoms. The first kappa shape index (κ1) is 12.3. The molecule has 1 aliphatic rings. The van der Waals surface area contributed by atoms with Crippen molar-refractivity contribution in [3.05, 3.63) is 47.7 Å². The van der Waals surface area contributed by atoms with Crippen LogP contribution in [0.4, 0.5) is 5.82 Å². The van der Waals surface area contributed by atoms with E-state index < -0.39 is 0 Å². The second-order valence-corrected chi connectivity index (χ2v) is 4.52. The molecule has 1 atom stereocenters. The Bertz CT molecular complexity index is 662. The average Bonchev–Trinajstić information content (AvgIpc) is 2.95. The van der Waals surface area contributed by atoms with Crippen LogP contribution in [0.1, 0.15) is 24.1 Å². The zero-order valence-electron chi connectivity index (χ0n) is 11.0. The summed E-state index contributed by atoms with van der Waals surface area (Å²) in [5.41, 5.74) is 1.63. The molecule has 0 amide bonds. The zero-order chi connectivity index (χ0) is 13.9. The maximum atomic E-state index is 8.74. The van der Waals surface area contributed by atoms with Gasteiger partial charge < -0.3 is 14.8 Å². The van der Waals surface area contributed by atoms with Crippen molar-refractivity contribution in [3.8, 4) is 17.6 Å². The Morgan fingerprint density at radius 2 is 2.10 bits per heavy atom. The van der Waals surface area contributed by atoms with Gasteiger partial charge in [0.15, 0.2) is 11.5 Å². The van der Waals surface area contributed by atoms with Gasteiger partial charge in [-0.1, -0.05) is 6.07 Å². The zero-order valence-corrected chi connectivity index (χ0v) is 11.0. The number of aromatic nitrogens is 1. The molecule has 0 radical (unpaired) electrons. The van der Waals surface area contributed by atoms with Crippen LogP contribution in [0.2, 0.25) is 0 Å². The molecule has 0 saturated heterocycles. The van der Waals surface area contributed by atoms with E-state index in [9.17, 15) is 0 Å². The molecule has 1 aromatic carbocycles. The van der Waals surface area contributed by atoms with Crippen LogP contribution in [0.25, 0.3) is 0 Å². The molecule has 0 unspecified atom stereocenters. The van der Waals surface area contributed by atoms with E-state index in [1.54, 1.807) is 18.3 Å². The lowest BCUT2D eigenvalue weighted by Gasteiger charge is -2.15. The number of hydrogen-bond donors (Lipinski definition) is 1. The van der Waals surface area contributed by atoms with Crippen molar-refractivity contribution in [2.45, 2.75) is 13.0 Å². The number of fused-ring (bicyclic) bond motifs is 1. The lowest BCUT2D eigenvalue weighted by Crippen LogP contribution is -2.07. The fraction of sp³-hybridized carbons (Fsp3) is 0.200. The number of pyridine rings is 1. The van der Waals surface area contributed by atoms with Crippen LogP contribution >= 0.6 is 0 Å². The number of ether oxygens (including phenoxy) is 2. The number of nitriles is 1. The normalized spacial score (nSPS) is 13.6. The summed E-state index contributed by atoms with van der Waals surface area (Å²) >= 11 is 0. The molecular formula is C15H13N3O2. The molecule has 2 heterocycles. The number of nitrogens with zero attached hydrogens (tertiary/aromatic N) is 2. The quantitative estimate of drug-likeness (QED) is 0.926. The Balaban J connectivity index is 1.75. The van der Waals surface area contributed by atoms with Gasteiger partial charge in [0.25, 0.3) is 0 Å². The maximum absolute atomic E-state index is 8.74. The molecule has 0 fully saturated rings. The van der Waals surface area contributed by atoms with E-state index in [2.05, 4.69) is 10.3 Å². The van der Waals surface area contributed by atoms with Gasteiger partial charge in [0, 0.05) is 6.20 Å². The Morgan fingerprint density at radius 3 is 2.85 bits per heavy atom. The topological polar surface area (TPSA) is 67.2 Å². The molecule has 1 aliphatic heterocycles. The van der Waals surface area contributed by atoms with E-state index in [-0.39, 0.29) is 12.8 Å². The largest absolute Gasteiger partial charge is 0.454 e. The van der Waals surface area contributed by atoms with Crippen LogP contribution in [0.3, 0.4) is 0 Å². The summed E-state index contributed by atoms with van der Waals surface area (Å²) in [7, 11) is 0. The fourth-order valence-electron chi connectivity index (χ4n) is 2.03. The number of hydrogen-bond acceptors (Lipinski definition) is 5. The second-order valence-electron chi connectivity index (χ2n) is 4.52. The Hall–Kier alpha value is -2.74. The van der Waals surface area contributed by atoms with Crippen molar-refractivity contribution in [2.24, 2.45) is 0 Å². The lowest BCUT2D eigenvalue weighted by atomic mass is 10.1. The highest BCUT2D eigenvalue weighted by Gasteiger charge is 2.15. The third kappa shape index (κ3) is 2.36. The SMILES string of the molecule is C[C@H](Nc1ccc(C#N)cn1)c1ccc2c(c1)OCO2. The van der Waals surface area contributed by atoms with Gasteiger partial charge >= 0.3 is 0 Å². The fourth-order valence-corrected chi connectivity index (χ4v) is 2.03. The molecule has 20 heavy (non-hydrogen) atoms. The van der Waals surface area contributed by atoms with E-state index in [0.717, 1.165) is 22.9 Å². The molecule has 1 aromatic heterocycles. The summed E-state index contributed by atoms with van der Waals surface area (Å²) in [6.45, 7) is 2.31.